The van der Waals surface area contributed by atoms with E-state index in [0.29, 0.717) is 0 Å². The van der Waals surface area contributed by atoms with Gasteiger partial charge < -0.3 is 10.1 Å². The second-order valence-electron chi connectivity index (χ2n) is 2.01. The van der Waals surface area contributed by atoms with Gasteiger partial charge in [-0.3, -0.25) is 0 Å². The summed E-state index contributed by atoms with van der Waals surface area (Å²) in [4.78, 5) is 0. The van der Waals surface area contributed by atoms with Gasteiger partial charge in [0.1, 0.15) is 0 Å². The van der Waals surface area contributed by atoms with Gasteiger partial charge in [-0.15, -0.1) is 0 Å². The van der Waals surface area contributed by atoms with Gasteiger partial charge in [0.25, 0.3) is 0 Å². The maximum absolute atomic E-state index is 5.15. The zero-order valence-corrected chi connectivity index (χ0v) is 8.44. The molecule has 0 radical (unpaired) electrons. The van der Waals surface area contributed by atoms with Gasteiger partial charge in [-0.25, -0.2) is 0 Å². The first-order chi connectivity index (χ1) is 5.41. The van der Waals surface area contributed by atoms with E-state index < -0.39 is 0 Å². The Balaban J connectivity index is 0. The Hall–Kier alpha value is -0.0800. The van der Waals surface area contributed by atoms with Crippen molar-refractivity contribution in [1.29, 1.82) is 0 Å². The Morgan fingerprint density at radius 1 is 1.18 bits per heavy atom. The van der Waals surface area contributed by atoms with Gasteiger partial charge in [-0.2, -0.15) is 0 Å². The molecule has 0 saturated heterocycles. The minimum Gasteiger partial charge on any atom is -0.382 e. The van der Waals surface area contributed by atoms with E-state index in [1.165, 1.54) is 12.8 Å². The van der Waals surface area contributed by atoms with Crippen molar-refractivity contribution in [2.24, 2.45) is 0 Å². The van der Waals surface area contributed by atoms with Crippen molar-refractivity contribution in [2.75, 3.05) is 26.8 Å². The van der Waals surface area contributed by atoms with E-state index >= 15 is 0 Å². The monoisotopic (exact) mass is 161 g/mol. The zero-order valence-electron chi connectivity index (χ0n) is 8.44. The van der Waals surface area contributed by atoms with Crippen LogP contribution in [0.1, 0.15) is 33.6 Å². The Morgan fingerprint density at radius 2 is 1.82 bits per heavy atom. The highest BCUT2D eigenvalue weighted by molar-refractivity contribution is 4.40. The molecule has 1 N–H and O–H groups in total. The summed E-state index contributed by atoms with van der Waals surface area (Å²) >= 11 is 0. The SMILES string of the molecule is CC.CCOCCCCNC. The number of rotatable bonds is 6. The van der Waals surface area contributed by atoms with Crippen molar-refractivity contribution >= 4 is 0 Å². The third kappa shape index (κ3) is 17.8. The molecule has 0 amide bonds. The molecule has 0 fully saturated rings. The van der Waals surface area contributed by atoms with E-state index in [1.54, 1.807) is 0 Å². The molecular weight excluding hydrogens is 138 g/mol. The maximum atomic E-state index is 5.15. The Morgan fingerprint density at radius 3 is 2.27 bits per heavy atom. The van der Waals surface area contributed by atoms with Crippen molar-refractivity contribution in [1.82, 2.24) is 5.32 Å². The predicted octanol–water partition coefficient (Wildman–Crippen LogP) is 2.05. The minimum absolute atomic E-state index is 0.847. The summed E-state index contributed by atoms with van der Waals surface area (Å²) in [6.45, 7) is 8.89. The molecular formula is C9H23NO. The molecule has 70 valence electrons. The van der Waals surface area contributed by atoms with Crippen LogP contribution >= 0.6 is 0 Å². The number of unbranched alkanes of at least 4 members (excludes halogenated alkanes) is 1. The van der Waals surface area contributed by atoms with Gasteiger partial charge in [0, 0.05) is 13.2 Å². The zero-order chi connectivity index (χ0) is 8.95. The predicted molar refractivity (Wildman–Crippen MR) is 51.0 cm³/mol. The van der Waals surface area contributed by atoms with Crippen molar-refractivity contribution < 1.29 is 4.74 Å². The molecule has 11 heavy (non-hydrogen) atoms. The largest absolute Gasteiger partial charge is 0.382 e. The van der Waals surface area contributed by atoms with Gasteiger partial charge in [0.05, 0.1) is 0 Å². The molecule has 0 rings (SSSR count). The number of ether oxygens (including phenoxy) is 1. The average molecular weight is 161 g/mol. The third-order valence-corrected chi connectivity index (χ3v) is 1.17. The van der Waals surface area contributed by atoms with Crippen molar-refractivity contribution in [3.05, 3.63) is 0 Å². The van der Waals surface area contributed by atoms with Crippen molar-refractivity contribution in [2.45, 2.75) is 33.6 Å². The molecule has 2 nitrogen and oxygen atoms in total. The molecule has 0 bridgehead atoms. The quantitative estimate of drug-likeness (QED) is 0.602. The van der Waals surface area contributed by atoms with Gasteiger partial charge in [-0.05, 0) is 33.4 Å². The van der Waals surface area contributed by atoms with Crippen LogP contribution < -0.4 is 5.32 Å². The summed E-state index contributed by atoms with van der Waals surface area (Å²) in [6, 6.07) is 0. The first kappa shape index (κ1) is 13.5. The Kier molecular flexibility index (Phi) is 20.2. The van der Waals surface area contributed by atoms with Crippen LogP contribution in [0.3, 0.4) is 0 Å². The minimum atomic E-state index is 0.847. The van der Waals surface area contributed by atoms with E-state index in [2.05, 4.69) is 5.32 Å². The van der Waals surface area contributed by atoms with Crippen LogP contribution in [0, 0.1) is 0 Å². The first-order valence-corrected chi connectivity index (χ1v) is 4.64. The maximum Gasteiger partial charge on any atom is 0.0466 e. The lowest BCUT2D eigenvalue weighted by atomic mass is 10.3. The number of nitrogens with one attached hydrogen (secondary N) is 1. The highest BCUT2D eigenvalue weighted by Gasteiger charge is 1.84. The lowest BCUT2D eigenvalue weighted by Gasteiger charge is -1.99. The highest BCUT2D eigenvalue weighted by Crippen LogP contribution is 1.86. The number of hydrogen-bond donors (Lipinski definition) is 1. The molecule has 0 aromatic carbocycles. The first-order valence-electron chi connectivity index (χ1n) is 4.64. The molecule has 0 aromatic rings. The van der Waals surface area contributed by atoms with Gasteiger partial charge >= 0.3 is 0 Å². The van der Waals surface area contributed by atoms with Crippen LogP contribution in [0.5, 0.6) is 0 Å². The van der Waals surface area contributed by atoms with E-state index in [0.717, 1.165) is 19.8 Å². The Bertz CT molecular complexity index is 42.8. The molecule has 0 aliphatic rings. The topological polar surface area (TPSA) is 21.3 Å². The summed E-state index contributed by atoms with van der Waals surface area (Å²) in [5, 5.41) is 3.09. The van der Waals surface area contributed by atoms with Crippen LogP contribution in [-0.2, 0) is 4.74 Å². The normalized spacial score (nSPS) is 8.73. The van der Waals surface area contributed by atoms with E-state index in [9.17, 15) is 0 Å². The highest BCUT2D eigenvalue weighted by atomic mass is 16.5. The molecule has 0 unspecified atom stereocenters. The second kappa shape index (κ2) is 16.5. The molecule has 0 aromatic heterocycles. The molecule has 0 atom stereocenters. The smallest absolute Gasteiger partial charge is 0.0466 e. The van der Waals surface area contributed by atoms with Crippen molar-refractivity contribution in [3.63, 3.8) is 0 Å². The summed E-state index contributed by atoms with van der Waals surface area (Å²) in [7, 11) is 1.97. The molecule has 0 aliphatic heterocycles. The summed E-state index contributed by atoms with van der Waals surface area (Å²) < 4.78 is 5.15. The molecule has 0 spiro atoms. The van der Waals surface area contributed by atoms with Gasteiger partial charge in [0.15, 0.2) is 0 Å². The standard InChI is InChI=1S/C7H17NO.C2H6/c1-3-9-7-5-4-6-8-2;1-2/h8H,3-7H2,1-2H3;1-2H3. The lowest BCUT2D eigenvalue weighted by molar-refractivity contribution is 0.143. The molecule has 0 aliphatic carbocycles. The average Bonchev–Trinajstić information content (AvgIpc) is 2.08. The fraction of sp³-hybridized carbons (Fsp3) is 1.00. The fourth-order valence-electron chi connectivity index (χ4n) is 0.650. The van der Waals surface area contributed by atoms with E-state index in [1.807, 2.05) is 27.8 Å². The molecule has 0 saturated carbocycles. The van der Waals surface area contributed by atoms with Crippen LogP contribution in [0.25, 0.3) is 0 Å². The summed E-state index contributed by atoms with van der Waals surface area (Å²) in [6.07, 6.45) is 2.39. The van der Waals surface area contributed by atoms with Crippen LogP contribution in [0.15, 0.2) is 0 Å². The van der Waals surface area contributed by atoms with Crippen molar-refractivity contribution in [3.8, 4) is 0 Å². The van der Waals surface area contributed by atoms with Crippen LogP contribution in [-0.4, -0.2) is 26.8 Å². The third-order valence-electron chi connectivity index (χ3n) is 1.17. The molecule has 2 heteroatoms. The van der Waals surface area contributed by atoms with E-state index in [-0.39, 0.29) is 0 Å². The van der Waals surface area contributed by atoms with Gasteiger partial charge in [0.2, 0.25) is 0 Å². The summed E-state index contributed by atoms with van der Waals surface area (Å²) in [5.74, 6) is 0. The lowest BCUT2D eigenvalue weighted by Crippen LogP contribution is -2.08. The van der Waals surface area contributed by atoms with Crippen LogP contribution in [0.2, 0.25) is 0 Å². The van der Waals surface area contributed by atoms with E-state index in [4.69, 9.17) is 4.74 Å². The summed E-state index contributed by atoms with van der Waals surface area (Å²) in [5.41, 5.74) is 0. The van der Waals surface area contributed by atoms with Crippen LogP contribution in [0.4, 0.5) is 0 Å². The fourth-order valence-corrected chi connectivity index (χ4v) is 0.650. The molecule has 0 heterocycles. The Labute approximate surface area is 71.3 Å². The number of hydrogen-bond acceptors (Lipinski definition) is 2. The second-order valence-corrected chi connectivity index (χ2v) is 2.01. The van der Waals surface area contributed by atoms with Gasteiger partial charge in [-0.1, -0.05) is 13.8 Å².